The molecule has 0 aliphatic carbocycles. The Labute approximate surface area is 92.1 Å². The number of nitrogens with two attached hydrogens (primary N) is 1. The number of anilines is 1. The second kappa shape index (κ2) is 4.67. The fourth-order valence-corrected chi connectivity index (χ4v) is 2.03. The standard InChI is InChI=1S/C13H19N2/c1-2-11-3-5-13(6-4-11)15-9-7-12(14)8-10-15/h3-6,12H,1-2,7-10,14H2. The molecule has 1 saturated heterocycles. The molecule has 0 unspecified atom stereocenters. The van der Waals surface area contributed by atoms with E-state index in [9.17, 15) is 0 Å². The van der Waals surface area contributed by atoms with Gasteiger partial charge in [-0.25, -0.2) is 0 Å². The quantitative estimate of drug-likeness (QED) is 0.796. The molecule has 0 aromatic heterocycles. The van der Waals surface area contributed by atoms with E-state index in [2.05, 4.69) is 36.1 Å². The summed E-state index contributed by atoms with van der Waals surface area (Å²) in [4.78, 5) is 2.41. The fraction of sp³-hybridized carbons (Fsp3) is 0.462. The van der Waals surface area contributed by atoms with Crippen molar-refractivity contribution in [3.63, 3.8) is 0 Å². The summed E-state index contributed by atoms with van der Waals surface area (Å²) >= 11 is 0. The Morgan fingerprint density at radius 2 is 1.80 bits per heavy atom. The van der Waals surface area contributed by atoms with Crippen LogP contribution in [0.1, 0.15) is 18.4 Å². The van der Waals surface area contributed by atoms with E-state index in [-0.39, 0.29) is 0 Å². The van der Waals surface area contributed by atoms with Crippen molar-refractivity contribution in [3.05, 3.63) is 36.8 Å². The van der Waals surface area contributed by atoms with Gasteiger partial charge in [0.2, 0.25) is 0 Å². The molecule has 1 aliphatic heterocycles. The predicted molar refractivity (Wildman–Crippen MR) is 64.9 cm³/mol. The summed E-state index contributed by atoms with van der Waals surface area (Å²) in [6, 6.07) is 9.11. The normalized spacial score (nSPS) is 18.1. The molecule has 1 aliphatic rings. The number of hydrogen-bond donors (Lipinski definition) is 1. The summed E-state index contributed by atoms with van der Waals surface area (Å²) in [5, 5.41) is 0. The monoisotopic (exact) mass is 203 g/mol. The SMILES string of the molecule is [CH2]Cc1ccc(N2CCC(N)CC2)cc1. The van der Waals surface area contributed by atoms with E-state index in [0.717, 1.165) is 32.4 Å². The zero-order chi connectivity index (χ0) is 10.7. The molecule has 0 spiro atoms. The van der Waals surface area contributed by atoms with Gasteiger partial charge in [0, 0.05) is 24.8 Å². The third kappa shape index (κ3) is 2.51. The minimum absolute atomic E-state index is 0.403. The van der Waals surface area contributed by atoms with Crippen LogP contribution in [0.4, 0.5) is 5.69 Å². The maximum atomic E-state index is 5.89. The molecule has 0 amide bonds. The van der Waals surface area contributed by atoms with Gasteiger partial charge in [-0.3, -0.25) is 0 Å². The number of rotatable bonds is 2. The van der Waals surface area contributed by atoms with Crippen LogP contribution in [0.3, 0.4) is 0 Å². The molecule has 15 heavy (non-hydrogen) atoms. The van der Waals surface area contributed by atoms with Crippen molar-refractivity contribution in [1.29, 1.82) is 0 Å². The van der Waals surface area contributed by atoms with E-state index >= 15 is 0 Å². The van der Waals surface area contributed by atoms with Gasteiger partial charge in [0.15, 0.2) is 0 Å². The lowest BCUT2D eigenvalue weighted by atomic mass is 10.0. The van der Waals surface area contributed by atoms with Crippen LogP contribution in [0, 0.1) is 6.92 Å². The third-order valence-corrected chi connectivity index (χ3v) is 3.13. The van der Waals surface area contributed by atoms with Crippen molar-refractivity contribution in [2.45, 2.75) is 25.3 Å². The number of piperidine rings is 1. The number of nitrogens with zero attached hydrogens (tertiary/aromatic N) is 1. The minimum Gasteiger partial charge on any atom is -0.371 e. The molecule has 0 saturated carbocycles. The van der Waals surface area contributed by atoms with Crippen LogP contribution < -0.4 is 10.6 Å². The van der Waals surface area contributed by atoms with Gasteiger partial charge in [0.25, 0.3) is 0 Å². The smallest absolute Gasteiger partial charge is 0.0366 e. The Bertz CT molecular complexity index is 297. The molecule has 1 aromatic rings. The molecule has 1 aromatic carbocycles. The van der Waals surface area contributed by atoms with Crippen molar-refractivity contribution in [2.75, 3.05) is 18.0 Å². The highest BCUT2D eigenvalue weighted by molar-refractivity contribution is 5.48. The summed E-state index contributed by atoms with van der Waals surface area (Å²) in [7, 11) is 0. The van der Waals surface area contributed by atoms with Gasteiger partial charge in [-0.2, -0.15) is 0 Å². The molecule has 1 fully saturated rings. The van der Waals surface area contributed by atoms with Crippen molar-refractivity contribution in [2.24, 2.45) is 5.73 Å². The van der Waals surface area contributed by atoms with Gasteiger partial charge < -0.3 is 10.6 Å². The molecule has 2 rings (SSSR count). The van der Waals surface area contributed by atoms with Crippen molar-refractivity contribution >= 4 is 5.69 Å². The highest BCUT2D eigenvalue weighted by Crippen LogP contribution is 2.19. The van der Waals surface area contributed by atoms with Crippen LogP contribution in [-0.4, -0.2) is 19.1 Å². The van der Waals surface area contributed by atoms with Crippen LogP contribution in [-0.2, 0) is 6.42 Å². The lowest BCUT2D eigenvalue weighted by Crippen LogP contribution is -2.39. The average Bonchev–Trinajstić information content (AvgIpc) is 2.30. The highest BCUT2D eigenvalue weighted by Gasteiger charge is 2.15. The van der Waals surface area contributed by atoms with Crippen LogP contribution in [0.25, 0.3) is 0 Å². The molecular weight excluding hydrogens is 184 g/mol. The first-order valence-corrected chi connectivity index (χ1v) is 5.68. The van der Waals surface area contributed by atoms with E-state index < -0.39 is 0 Å². The van der Waals surface area contributed by atoms with E-state index in [1.807, 2.05) is 0 Å². The van der Waals surface area contributed by atoms with Crippen LogP contribution in [0.5, 0.6) is 0 Å². The van der Waals surface area contributed by atoms with Crippen molar-refractivity contribution < 1.29 is 0 Å². The first kappa shape index (κ1) is 10.5. The Kier molecular flexibility index (Phi) is 3.27. The second-order valence-corrected chi connectivity index (χ2v) is 4.24. The van der Waals surface area contributed by atoms with Gasteiger partial charge in [0.05, 0.1) is 0 Å². The van der Waals surface area contributed by atoms with Gasteiger partial charge >= 0.3 is 0 Å². The van der Waals surface area contributed by atoms with Gasteiger partial charge in [0.1, 0.15) is 0 Å². The van der Waals surface area contributed by atoms with Crippen LogP contribution in [0.2, 0.25) is 0 Å². The maximum Gasteiger partial charge on any atom is 0.0366 e. The third-order valence-electron chi connectivity index (χ3n) is 3.13. The number of benzene rings is 1. The Morgan fingerprint density at radius 3 is 2.33 bits per heavy atom. The first-order valence-electron chi connectivity index (χ1n) is 5.68. The summed E-state index contributed by atoms with van der Waals surface area (Å²) < 4.78 is 0. The molecule has 0 bridgehead atoms. The summed E-state index contributed by atoms with van der Waals surface area (Å²) in [5.74, 6) is 0. The van der Waals surface area contributed by atoms with E-state index in [0.29, 0.717) is 6.04 Å². The molecule has 1 radical (unpaired) electrons. The molecular formula is C13H19N2. The zero-order valence-corrected chi connectivity index (χ0v) is 9.15. The highest BCUT2D eigenvalue weighted by atomic mass is 15.1. The predicted octanol–water partition coefficient (Wildman–Crippen LogP) is 1.99. The molecule has 0 atom stereocenters. The van der Waals surface area contributed by atoms with E-state index in [1.165, 1.54) is 11.3 Å². The summed E-state index contributed by atoms with van der Waals surface area (Å²) in [6.45, 7) is 6.05. The van der Waals surface area contributed by atoms with Crippen LogP contribution >= 0.6 is 0 Å². The molecule has 2 heteroatoms. The van der Waals surface area contributed by atoms with Gasteiger partial charge in [-0.15, -0.1) is 0 Å². The molecule has 2 nitrogen and oxygen atoms in total. The molecule has 81 valence electrons. The first-order chi connectivity index (χ1) is 7.29. The molecule has 1 heterocycles. The van der Waals surface area contributed by atoms with Crippen LogP contribution in [0.15, 0.2) is 24.3 Å². The van der Waals surface area contributed by atoms with Crippen molar-refractivity contribution in [1.82, 2.24) is 0 Å². The topological polar surface area (TPSA) is 29.3 Å². The van der Waals surface area contributed by atoms with E-state index in [1.54, 1.807) is 0 Å². The van der Waals surface area contributed by atoms with Crippen molar-refractivity contribution in [3.8, 4) is 0 Å². The lowest BCUT2D eigenvalue weighted by Gasteiger charge is -2.32. The summed E-state index contributed by atoms with van der Waals surface area (Å²) in [6.07, 6.45) is 3.08. The average molecular weight is 203 g/mol. The lowest BCUT2D eigenvalue weighted by molar-refractivity contribution is 0.501. The maximum absolute atomic E-state index is 5.89. The molecule has 2 N–H and O–H groups in total. The van der Waals surface area contributed by atoms with Gasteiger partial charge in [-0.05, 0) is 43.9 Å². The fourth-order valence-electron chi connectivity index (χ4n) is 2.03. The largest absolute Gasteiger partial charge is 0.371 e. The minimum atomic E-state index is 0.403. The summed E-state index contributed by atoms with van der Waals surface area (Å²) in [5.41, 5.74) is 8.50. The van der Waals surface area contributed by atoms with Gasteiger partial charge in [-0.1, -0.05) is 12.1 Å². The second-order valence-electron chi connectivity index (χ2n) is 4.24. The Hall–Kier alpha value is -1.02. The van der Waals surface area contributed by atoms with E-state index in [4.69, 9.17) is 5.73 Å². The Balaban J connectivity index is 2.03. The Morgan fingerprint density at radius 1 is 1.20 bits per heavy atom. The number of hydrogen-bond acceptors (Lipinski definition) is 2. The zero-order valence-electron chi connectivity index (χ0n) is 9.15.